The summed E-state index contributed by atoms with van der Waals surface area (Å²) in [5.41, 5.74) is 11.2. The third kappa shape index (κ3) is 5.35. The van der Waals surface area contributed by atoms with E-state index in [0.29, 0.717) is 28.7 Å². The minimum absolute atomic E-state index is 0.270. The summed E-state index contributed by atoms with van der Waals surface area (Å²) in [6.07, 6.45) is 0. The quantitative estimate of drug-likeness (QED) is 0.158. The minimum atomic E-state index is -0.270. The van der Waals surface area contributed by atoms with E-state index >= 15 is 0 Å². The molecule has 0 aliphatic carbocycles. The van der Waals surface area contributed by atoms with Crippen LogP contribution in [0.15, 0.2) is 78.9 Å². The van der Waals surface area contributed by atoms with Crippen LogP contribution in [0.25, 0.3) is 11.1 Å². The van der Waals surface area contributed by atoms with Crippen molar-refractivity contribution in [2.75, 3.05) is 47.6 Å². The Labute approximate surface area is 277 Å². The Bertz CT molecular complexity index is 1910. The number of benzene rings is 5. The van der Waals surface area contributed by atoms with Gasteiger partial charge in [0.1, 0.15) is 34.5 Å². The van der Waals surface area contributed by atoms with Crippen LogP contribution >= 0.6 is 0 Å². The van der Waals surface area contributed by atoms with Gasteiger partial charge in [0.25, 0.3) is 0 Å². The van der Waals surface area contributed by atoms with E-state index in [2.05, 4.69) is 62.1 Å². The Morgan fingerprint density at radius 2 is 1.09 bits per heavy atom. The minimum Gasteiger partial charge on any atom is -0.497 e. The van der Waals surface area contributed by atoms with Crippen LogP contribution in [-0.4, -0.2) is 42.7 Å². The maximum Gasteiger partial charge on any atom is 0.136 e. The number of aryl methyl sites for hydroxylation is 3. The molecule has 5 aromatic carbocycles. The molecule has 1 unspecified atom stereocenters. The Balaban J connectivity index is 1.85. The highest BCUT2D eigenvalue weighted by molar-refractivity contribution is 5.95. The van der Waals surface area contributed by atoms with Crippen LogP contribution in [0.3, 0.4) is 0 Å². The predicted molar refractivity (Wildman–Crippen MR) is 187 cm³/mol. The standard InChI is InChI=1S/C40H41NO6/c1-23-15-24(2)35(25(3)16-23)39-37-31(20-30(44-6)21-33(37)45-7)41(27-17-28(42-4)19-29(18-27)43-5)32-22-34(46-8)36(40(47-9)38(32)39)26-13-11-10-12-14-26/h10-22,39H,1-9H3. The summed E-state index contributed by atoms with van der Waals surface area (Å²) in [7, 11) is 10.1. The van der Waals surface area contributed by atoms with Crippen LogP contribution < -0.4 is 33.3 Å². The molecule has 7 heteroatoms. The third-order valence-electron chi connectivity index (χ3n) is 8.98. The van der Waals surface area contributed by atoms with Crippen LogP contribution in [0.4, 0.5) is 17.1 Å². The molecular formula is C40H41NO6. The van der Waals surface area contributed by atoms with E-state index in [9.17, 15) is 0 Å². The number of fused-ring (bicyclic) bond motifs is 2. The van der Waals surface area contributed by atoms with Gasteiger partial charge in [-0.3, -0.25) is 0 Å². The largest absolute Gasteiger partial charge is 0.497 e. The molecule has 0 spiro atoms. The van der Waals surface area contributed by atoms with Gasteiger partial charge in [-0.25, -0.2) is 0 Å². The molecule has 7 nitrogen and oxygen atoms in total. The van der Waals surface area contributed by atoms with Gasteiger partial charge in [0, 0.05) is 53.4 Å². The smallest absolute Gasteiger partial charge is 0.136 e. The van der Waals surface area contributed by atoms with Gasteiger partial charge in [-0.15, -0.1) is 0 Å². The fourth-order valence-electron chi connectivity index (χ4n) is 7.11. The van der Waals surface area contributed by atoms with Crippen LogP contribution in [0, 0.1) is 20.8 Å². The second kappa shape index (κ2) is 12.8. The zero-order valence-electron chi connectivity index (χ0n) is 28.5. The van der Waals surface area contributed by atoms with Crippen LogP contribution in [0.2, 0.25) is 0 Å². The fraction of sp³-hybridized carbons (Fsp3) is 0.250. The van der Waals surface area contributed by atoms with Crippen LogP contribution in [-0.2, 0) is 0 Å². The van der Waals surface area contributed by atoms with Gasteiger partial charge in [-0.2, -0.15) is 0 Å². The maximum absolute atomic E-state index is 6.48. The van der Waals surface area contributed by atoms with Crippen LogP contribution in [0.1, 0.15) is 39.3 Å². The summed E-state index contributed by atoms with van der Waals surface area (Å²) in [5, 5.41) is 0. The number of ether oxygens (including phenoxy) is 6. The molecule has 0 saturated carbocycles. The monoisotopic (exact) mass is 631 g/mol. The van der Waals surface area contributed by atoms with Gasteiger partial charge in [0.2, 0.25) is 0 Å². The van der Waals surface area contributed by atoms with Crippen molar-refractivity contribution >= 4 is 17.1 Å². The van der Waals surface area contributed by atoms with Crippen molar-refractivity contribution in [3.8, 4) is 45.6 Å². The average molecular weight is 632 g/mol. The summed E-state index contributed by atoms with van der Waals surface area (Å²) in [4.78, 5) is 2.19. The molecule has 5 aromatic rings. The predicted octanol–water partition coefficient (Wildman–Crippen LogP) is 9.29. The molecule has 6 rings (SSSR count). The van der Waals surface area contributed by atoms with Gasteiger partial charge in [0.15, 0.2) is 0 Å². The van der Waals surface area contributed by atoms with Crippen molar-refractivity contribution in [3.05, 3.63) is 112 Å². The van der Waals surface area contributed by atoms with E-state index in [-0.39, 0.29) is 5.92 Å². The summed E-state index contributed by atoms with van der Waals surface area (Å²) < 4.78 is 36.2. The lowest BCUT2D eigenvalue weighted by Crippen LogP contribution is -2.25. The molecule has 1 aliphatic rings. The molecule has 1 heterocycles. The van der Waals surface area contributed by atoms with Gasteiger partial charge in [0.05, 0.1) is 65.3 Å². The topological polar surface area (TPSA) is 58.6 Å². The second-order valence-corrected chi connectivity index (χ2v) is 11.7. The molecule has 0 saturated heterocycles. The summed E-state index contributed by atoms with van der Waals surface area (Å²) >= 11 is 0. The number of methoxy groups -OCH3 is 6. The first-order valence-corrected chi connectivity index (χ1v) is 15.5. The Morgan fingerprint density at radius 3 is 1.64 bits per heavy atom. The Hall–Kier alpha value is -5.30. The molecular weight excluding hydrogens is 590 g/mol. The lowest BCUT2D eigenvalue weighted by atomic mass is 9.74. The van der Waals surface area contributed by atoms with Crippen LogP contribution in [0.5, 0.6) is 34.5 Å². The van der Waals surface area contributed by atoms with Crippen molar-refractivity contribution in [2.45, 2.75) is 26.7 Å². The molecule has 242 valence electrons. The van der Waals surface area contributed by atoms with E-state index in [0.717, 1.165) is 45.1 Å². The molecule has 0 bridgehead atoms. The highest BCUT2D eigenvalue weighted by Gasteiger charge is 2.41. The highest BCUT2D eigenvalue weighted by Crippen LogP contribution is 2.61. The lowest BCUT2D eigenvalue weighted by Gasteiger charge is -2.41. The number of hydrogen-bond donors (Lipinski definition) is 0. The first-order chi connectivity index (χ1) is 22.8. The van der Waals surface area contributed by atoms with Crippen molar-refractivity contribution in [2.24, 2.45) is 0 Å². The zero-order chi connectivity index (χ0) is 33.4. The maximum atomic E-state index is 6.48. The second-order valence-electron chi connectivity index (χ2n) is 11.7. The molecule has 0 radical (unpaired) electrons. The van der Waals surface area contributed by atoms with E-state index in [1.807, 2.05) is 42.5 Å². The third-order valence-corrected chi connectivity index (χ3v) is 8.98. The van der Waals surface area contributed by atoms with Gasteiger partial charge < -0.3 is 33.3 Å². The van der Waals surface area contributed by atoms with E-state index in [1.54, 1.807) is 42.7 Å². The molecule has 0 amide bonds. The summed E-state index contributed by atoms with van der Waals surface area (Å²) in [6.45, 7) is 6.49. The van der Waals surface area contributed by atoms with E-state index < -0.39 is 0 Å². The number of anilines is 3. The van der Waals surface area contributed by atoms with E-state index in [4.69, 9.17) is 28.4 Å². The first kappa shape index (κ1) is 31.7. The van der Waals surface area contributed by atoms with Gasteiger partial charge >= 0.3 is 0 Å². The van der Waals surface area contributed by atoms with E-state index in [1.165, 1.54) is 22.3 Å². The van der Waals surface area contributed by atoms with Crippen molar-refractivity contribution in [1.82, 2.24) is 0 Å². The fourth-order valence-corrected chi connectivity index (χ4v) is 7.11. The molecule has 1 aliphatic heterocycles. The Kier molecular flexibility index (Phi) is 8.65. The molecule has 0 fully saturated rings. The SMILES string of the molecule is COc1cc(OC)cc(N2c3cc(OC)cc(OC)c3C(c3c(C)cc(C)cc3C)c3c2cc(OC)c(-c2ccccc2)c3OC)c1. The molecule has 1 atom stereocenters. The van der Waals surface area contributed by atoms with Crippen molar-refractivity contribution in [1.29, 1.82) is 0 Å². The summed E-state index contributed by atoms with van der Waals surface area (Å²) in [6, 6.07) is 26.7. The number of rotatable bonds is 9. The first-order valence-electron chi connectivity index (χ1n) is 15.5. The number of nitrogens with zero attached hydrogens (tertiary/aromatic N) is 1. The van der Waals surface area contributed by atoms with Crippen molar-refractivity contribution < 1.29 is 28.4 Å². The molecule has 0 aromatic heterocycles. The zero-order valence-corrected chi connectivity index (χ0v) is 28.5. The highest BCUT2D eigenvalue weighted by atomic mass is 16.5. The summed E-state index contributed by atoms with van der Waals surface area (Å²) in [5.74, 6) is 3.81. The normalized spacial score (nSPS) is 13.4. The van der Waals surface area contributed by atoms with Crippen molar-refractivity contribution in [3.63, 3.8) is 0 Å². The lowest BCUT2D eigenvalue weighted by molar-refractivity contribution is 0.386. The van der Waals surface area contributed by atoms with Gasteiger partial charge in [-0.05, 0) is 43.0 Å². The Morgan fingerprint density at radius 1 is 0.511 bits per heavy atom. The molecule has 0 N–H and O–H groups in total. The van der Waals surface area contributed by atoms with Gasteiger partial charge in [-0.1, -0.05) is 48.0 Å². The molecule has 47 heavy (non-hydrogen) atoms. The average Bonchev–Trinajstić information content (AvgIpc) is 3.09. The number of hydrogen-bond acceptors (Lipinski definition) is 7.